The third kappa shape index (κ3) is 11.9. The first-order valence-electron chi connectivity index (χ1n) is 23.8. The molecule has 0 atom stereocenters. The van der Waals surface area contributed by atoms with Gasteiger partial charge in [-0.2, -0.15) is 10.2 Å². The van der Waals surface area contributed by atoms with E-state index in [1.165, 1.54) is 6.07 Å². The normalized spacial score (nSPS) is 11.5. The molecule has 0 spiro atoms. The molecule has 380 valence electrons. The maximum absolute atomic E-state index is 14.1. The van der Waals surface area contributed by atoms with Crippen LogP contribution >= 0.6 is 0 Å². The van der Waals surface area contributed by atoms with Gasteiger partial charge in [-0.15, -0.1) is 0 Å². The molecule has 0 aliphatic carbocycles. The van der Waals surface area contributed by atoms with E-state index in [1.54, 1.807) is 49.2 Å². The second kappa shape index (κ2) is 23.6. The van der Waals surface area contributed by atoms with Crippen LogP contribution < -0.4 is 26.3 Å². The molecule has 0 unspecified atom stereocenters. The molecular formula is C50H60N12O10. The number of alkyl carbamates (subject to hydrolysis) is 1. The zero-order chi connectivity index (χ0) is 51.5. The number of methoxy groups -OCH3 is 1. The number of allylic oxidation sites excluding steroid dienone is 2. The zero-order valence-corrected chi connectivity index (χ0v) is 41.4. The molecule has 7 rings (SSSR count). The molecule has 3 amide bonds. The van der Waals surface area contributed by atoms with E-state index in [0.29, 0.717) is 94.5 Å². The maximum Gasteiger partial charge on any atom is 0.407 e. The molecule has 22 heteroatoms. The number of ether oxygens (including phenoxy) is 5. The Morgan fingerprint density at radius 1 is 0.722 bits per heavy atom. The van der Waals surface area contributed by atoms with Crippen molar-refractivity contribution in [2.45, 2.75) is 86.5 Å². The Bertz CT molecular complexity index is 3160. The summed E-state index contributed by atoms with van der Waals surface area (Å²) < 4.78 is 35.4. The van der Waals surface area contributed by atoms with Crippen molar-refractivity contribution in [2.75, 3.05) is 46.7 Å². The predicted octanol–water partition coefficient (Wildman–Crippen LogP) is 5.39. The van der Waals surface area contributed by atoms with E-state index < -0.39 is 23.9 Å². The fraction of sp³-hybridized carbons (Fsp3) is 0.400. The highest BCUT2D eigenvalue weighted by atomic mass is 16.6. The molecular weight excluding hydrogens is 929 g/mol. The number of hydrogen-bond acceptors (Lipinski definition) is 15. The van der Waals surface area contributed by atoms with Crippen molar-refractivity contribution in [3.05, 3.63) is 88.8 Å². The molecule has 0 fully saturated rings. The standard InChI is InChI=1S/C50H60N12O10/c1-7-61-37(22-30(4)57-61)39(63)28-42-55-36-25-33(47(52)66)27-41(71-20-13-21-72-50(67)53-15-14-43(64)69-9-3)45(36)59(42)16-10-11-17-60-44-34(24-32(46(51)65)26-40(44)70-19-12-18-68-6)35-29-54-48(56-49(35)60)38-23-31(5)58-62(38)8-2/h10-11,22-27,29H,7-9,12-21,28H2,1-6H3,(H2,51,65)(H2,52,66)(H,53,67)/b11-10+. The molecule has 0 radical (unpaired) electrons. The summed E-state index contributed by atoms with van der Waals surface area (Å²) in [6, 6.07) is 10.1. The van der Waals surface area contributed by atoms with Crippen LogP contribution in [0, 0.1) is 13.8 Å². The van der Waals surface area contributed by atoms with Crippen molar-refractivity contribution in [3.8, 4) is 23.0 Å². The fourth-order valence-corrected chi connectivity index (χ4v) is 8.30. The predicted molar refractivity (Wildman–Crippen MR) is 266 cm³/mol. The number of primary amides is 2. The second-order valence-corrected chi connectivity index (χ2v) is 16.7. The number of rotatable bonds is 26. The molecule has 5 aromatic heterocycles. The fourth-order valence-electron chi connectivity index (χ4n) is 8.30. The molecule has 72 heavy (non-hydrogen) atoms. The minimum absolute atomic E-state index is 0.00386. The van der Waals surface area contributed by atoms with E-state index in [9.17, 15) is 24.0 Å². The van der Waals surface area contributed by atoms with E-state index in [4.69, 9.17) is 50.1 Å². The number of benzene rings is 2. The number of nitrogens with one attached hydrogen (secondary N) is 1. The molecule has 2 aromatic carbocycles. The van der Waals surface area contributed by atoms with Crippen LogP contribution in [0.25, 0.3) is 44.5 Å². The van der Waals surface area contributed by atoms with E-state index in [0.717, 1.165) is 11.4 Å². The first-order valence-corrected chi connectivity index (χ1v) is 23.8. The second-order valence-electron chi connectivity index (χ2n) is 16.7. The summed E-state index contributed by atoms with van der Waals surface area (Å²) in [6.07, 6.45) is 5.62. The van der Waals surface area contributed by atoms with E-state index in [1.807, 2.05) is 59.7 Å². The molecule has 0 saturated heterocycles. The van der Waals surface area contributed by atoms with Gasteiger partial charge in [-0.1, -0.05) is 12.2 Å². The van der Waals surface area contributed by atoms with Crippen LogP contribution in [0.2, 0.25) is 0 Å². The number of carbonyl (C=O) groups excluding carboxylic acids is 5. The summed E-state index contributed by atoms with van der Waals surface area (Å²) in [5.41, 5.74) is 16.8. The largest absolute Gasteiger partial charge is 0.491 e. The first-order chi connectivity index (χ1) is 34.7. The Morgan fingerprint density at radius 2 is 1.38 bits per heavy atom. The monoisotopic (exact) mass is 988 g/mol. The highest BCUT2D eigenvalue weighted by Gasteiger charge is 2.24. The number of fused-ring (bicyclic) bond motifs is 4. The van der Waals surface area contributed by atoms with Gasteiger partial charge >= 0.3 is 12.1 Å². The van der Waals surface area contributed by atoms with Crippen molar-refractivity contribution < 1.29 is 47.7 Å². The van der Waals surface area contributed by atoms with Gasteiger partial charge in [0.15, 0.2) is 11.6 Å². The quantitative estimate of drug-likeness (QED) is 0.0265. The summed E-state index contributed by atoms with van der Waals surface area (Å²) in [6.45, 7) is 11.9. The molecule has 5 N–H and O–H groups in total. The van der Waals surface area contributed by atoms with Gasteiger partial charge in [0.25, 0.3) is 0 Å². The Balaban J connectivity index is 1.26. The van der Waals surface area contributed by atoms with Gasteiger partial charge in [-0.25, -0.2) is 19.7 Å². The van der Waals surface area contributed by atoms with Gasteiger partial charge in [-0.3, -0.25) is 28.5 Å². The number of Topliss-reactive ketones (excluding diaryl/α,β-unsaturated/α-hetero) is 1. The molecule has 0 saturated carbocycles. The highest BCUT2D eigenvalue weighted by molar-refractivity contribution is 6.12. The van der Waals surface area contributed by atoms with Gasteiger partial charge in [0.1, 0.15) is 39.9 Å². The van der Waals surface area contributed by atoms with Gasteiger partial charge in [0, 0.05) is 87.4 Å². The molecule has 0 aliphatic rings. The molecule has 7 aromatic rings. The van der Waals surface area contributed by atoms with Crippen LogP contribution in [-0.4, -0.2) is 120 Å². The SMILES string of the molecule is CCOC(=O)CCNC(=O)OCCCOc1cc(C(N)=O)cc2nc(CC(=O)c3cc(C)nn3CC)n(C/C=C/Cn3c4nc(-c5cc(C)nn5CC)ncc4c4cc(C(N)=O)cc(OCCCOC)c43)c12. The zero-order valence-electron chi connectivity index (χ0n) is 41.4. The number of imidazole rings is 1. The number of hydrogen-bond donors (Lipinski definition) is 3. The number of esters is 1. The average Bonchev–Trinajstić information content (AvgIpc) is 4.12. The summed E-state index contributed by atoms with van der Waals surface area (Å²) in [5, 5.41) is 12.9. The average molecular weight is 989 g/mol. The highest BCUT2D eigenvalue weighted by Crippen LogP contribution is 2.37. The van der Waals surface area contributed by atoms with Crippen molar-refractivity contribution >= 4 is 62.6 Å². The van der Waals surface area contributed by atoms with Crippen LogP contribution in [0.5, 0.6) is 11.5 Å². The summed E-state index contributed by atoms with van der Waals surface area (Å²) in [4.78, 5) is 78.1. The minimum atomic E-state index is -0.712. The van der Waals surface area contributed by atoms with Crippen molar-refractivity contribution in [1.82, 2.24) is 49.0 Å². The number of aromatic nitrogens is 9. The summed E-state index contributed by atoms with van der Waals surface area (Å²) in [7, 11) is 1.61. The topological polar surface area (TPSA) is 280 Å². The third-order valence-electron chi connectivity index (χ3n) is 11.5. The van der Waals surface area contributed by atoms with E-state index in [-0.39, 0.29) is 81.4 Å². The maximum atomic E-state index is 14.1. The number of aryl methyl sites for hydroxylation is 4. The number of nitrogens with two attached hydrogens (primary N) is 2. The lowest BCUT2D eigenvalue weighted by atomic mass is 10.1. The third-order valence-corrected chi connectivity index (χ3v) is 11.5. The molecule has 0 aliphatic heterocycles. The van der Waals surface area contributed by atoms with E-state index in [2.05, 4.69) is 15.5 Å². The summed E-state index contributed by atoms with van der Waals surface area (Å²) >= 11 is 0. The number of amides is 3. The molecule has 22 nitrogen and oxygen atoms in total. The van der Waals surface area contributed by atoms with Crippen LogP contribution in [0.15, 0.2) is 54.7 Å². The lowest BCUT2D eigenvalue weighted by Crippen LogP contribution is -2.27. The number of ketones is 1. The van der Waals surface area contributed by atoms with Crippen molar-refractivity contribution in [1.29, 1.82) is 0 Å². The molecule has 0 bridgehead atoms. The van der Waals surface area contributed by atoms with Crippen LogP contribution in [0.3, 0.4) is 0 Å². The smallest absolute Gasteiger partial charge is 0.407 e. The Hall–Kier alpha value is -8.14. The van der Waals surface area contributed by atoms with Gasteiger partial charge in [0.2, 0.25) is 11.8 Å². The first kappa shape index (κ1) is 51.7. The lowest BCUT2D eigenvalue weighted by Gasteiger charge is -2.13. The Kier molecular flexibility index (Phi) is 17.0. The van der Waals surface area contributed by atoms with Gasteiger partial charge < -0.3 is 49.6 Å². The summed E-state index contributed by atoms with van der Waals surface area (Å²) in [5.74, 6) is -0.454. The minimum Gasteiger partial charge on any atom is -0.491 e. The van der Waals surface area contributed by atoms with Gasteiger partial charge in [0.05, 0.1) is 61.7 Å². The van der Waals surface area contributed by atoms with Crippen molar-refractivity contribution in [3.63, 3.8) is 0 Å². The molecule has 5 heterocycles. The number of carbonyl (C=O) groups is 5. The van der Waals surface area contributed by atoms with E-state index >= 15 is 0 Å². The Morgan fingerprint density at radius 3 is 2.06 bits per heavy atom. The van der Waals surface area contributed by atoms with Crippen LogP contribution in [0.4, 0.5) is 4.79 Å². The van der Waals surface area contributed by atoms with Crippen LogP contribution in [0.1, 0.15) is 88.5 Å². The van der Waals surface area contributed by atoms with Crippen LogP contribution in [-0.2, 0) is 51.6 Å². The van der Waals surface area contributed by atoms with Crippen molar-refractivity contribution in [2.24, 2.45) is 11.5 Å². The van der Waals surface area contributed by atoms with Gasteiger partial charge in [-0.05, 0) is 71.0 Å². The lowest BCUT2D eigenvalue weighted by molar-refractivity contribution is -0.142. The Labute approximate surface area is 414 Å². The number of nitrogens with zero attached hydrogens (tertiary/aromatic N) is 9.